The van der Waals surface area contributed by atoms with Crippen LogP contribution in [-0.4, -0.2) is 33.9 Å². The normalized spacial score (nSPS) is 14.6. The Morgan fingerprint density at radius 1 is 1.28 bits per heavy atom. The molecule has 3 amide bonds. The van der Waals surface area contributed by atoms with Gasteiger partial charge in [0.05, 0.1) is 6.54 Å². The molecule has 0 radical (unpaired) electrons. The zero-order valence-electron chi connectivity index (χ0n) is 16.8. The van der Waals surface area contributed by atoms with Gasteiger partial charge < -0.3 is 15.5 Å². The number of aromatic nitrogens is 1. The Hall–Kier alpha value is -2.12. The van der Waals surface area contributed by atoms with Crippen LogP contribution in [0.1, 0.15) is 61.4 Å². The minimum absolute atomic E-state index is 0.0300. The first-order valence-electron chi connectivity index (χ1n) is 10.0. The quantitative estimate of drug-likeness (QED) is 0.647. The average molecular weight is 435 g/mol. The van der Waals surface area contributed by atoms with Crippen molar-refractivity contribution in [2.24, 2.45) is 0 Å². The van der Waals surface area contributed by atoms with Crippen LogP contribution in [0.15, 0.2) is 29.6 Å². The maximum atomic E-state index is 12.7. The minimum atomic E-state index is -0.231. The van der Waals surface area contributed by atoms with Crippen LogP contribution in [0.3, 0.4) is 0 Å². The molecular weight excluding hydrogens is 408 g/mol. The van der Waals surface area contributed by atoms with E-state index in [-0.39, 0.29) is 24.0 Å². The van der Waals surface area contributed by atoms with Crippen LogP contribution in [0.2, 0.25) is 5.02 Å². The SMILES string of the molecule is CC(C)N(Cc1nc(C(=O)NC2CCCCC2)cs1)C(=O)Nc1cccc(Cl)c1. The van der Waals surface area contributed by atoms with E-state index in [1.54, 1.807) is 34.5 Å². The lowest BCUT2D eigenvalue weighted by atomic mass is 9.95. The molecule has 1 aromatic carbocycles. The predicted molar refractivity (Wildman–Crippen MR) is 118 cm³/mol. The van der Waals surface area contributed by atoms with Crippen LogP contribution in [0.5, 0.6) is 0 Å². The lowest BCUT2D eigenvalue weighted by Crippen LogP contribution is -2.39. The van der Waals surface area contributed by atoms with Gasteiger partial charge in [-0.05, 0) is 44.9 Å². The molecule has 8 heteroatoms. The van der Waals surface area contributed by atoms with Gasteiger partial charge in [0.2, 0.25) is 0 Å². The molecule has 0 saturated heterocycles. The van der Waals surface area contributed by atoms with E-state index < -0.39 is 0 Å². The van der Waals surface area contributed by atoms with Crippen LogP contribution in [0.25, 0.3) is 0 Å². The first kappa shape index (κ1) is 21.6. The highest BCUT2D eigenvalue weighted by molar-refractivity contribution is 7.09. The van der Waals surface area contributed by atoms with Gasteiger partial charge in [0.25, 0.3) is 5.91 Å². The highest BCUT2D eigenvalue weighted by Gasteiger charge is 2.22. The van der Waals surface area contributed by atoms with E-state index in [1.165, 1.54) is 30.6 Å². The summed E-state index contributed by atoms with van der Waals surface area (Å²) >= 11 is 7.39. The Kier molecular flexibility index (Phi) is 7.50. The third-order valence-electron chi connectivity index (χ3n) is 4.99. The average Bonchev–Trinajstić information content (AvgIpc) is 3.15. The lowest BCUT2D eigenvalue weighted by molar-refractivity contribution is 0.0923. The molecule has 2 N–H and O–H groups in total. The van der Waals surface area contributed by atoms with Gasteiger partial charge >= 0.3 is 6.03 Å². The summed E-state index contributed by atoms with van der Waals surface area (Å²) in [7, 11) is 0. The fraction of sp³-hybridized carbons (Fsp3) is 0.476. The molecule has 1 saturated carbocycles. The monoisotopic (exact) mass is 434 g/mol. The van der Waals surface area contributed by atoms with E-state index in [9.17, 15) is 9.59 Å². The van der Waals surface area contributed by atoms with Gasteiger partial charge in [-0.1, -0.05) is 36.9 Å². The van der Waals surface area contributed by atoms with Gasteiger partial charge in [-0.25, -0.2) is 9.78 Å². The van der Waals surface area contributed by atoms with Crippen LogP contribution in [0.4, 0.5) is 10.5 Å². The second-order valence-corrected chi connectivity index (χ2v) is 8.98. The second-order valence-electron chi connectivity index (χ2n) is 7.60. The Morgan fingerprint density at radius 2 is 2.03 bits per heavy atom. The van der Waals surface area contributed by atoms with Crippen molar-refractivity contribution in [3.63, 3.8) is 0 Å². The summed E-state index contributed by atoms with van der Waals surface area (Å²) in [5.74, 6) is -0.126. The molecule has 1 fully saturated rings. The third-order valence-corrected chi connectivity index (χ3v) is 6.06. The number of amides is 3. The summed E-state index contributed by atoms with van der Waals surface area (Å²) in [6.07, 6.45) is 5.65. The molecule has 6 nitrogen and oxygen atoms in total. The van der Waals surface area contributed by atoms with Crippen molar-refractivity contribution in [3.05, 3.63) is 45.4 Å². The minimum Gasteiger partial charge on any atom is -0.348 e. The Bertz CT molecular complexity index is 849. The van der Waals surface area contributed by atoms with Crippen molar-refractivity contribution in [2.45, 2.75) is 64.6 Å². The van der Waals surface area contributed by atoms with Crippen LogP contribution in [0, 0.1) is 0 Å². The van der Waals surface area contributed by atoms with E-state index in [4.69, 9.17) is 11.6 Å². The summed E-state index contributed by atoms with van der Waals surface area (Å²) in [5.41, 5.74) is 1.06. The Labute approximate surface area is 180 Å². The number of thiazole rings is 1. The number of hydrogen-bond acceptors (Lipinski definition) is 4. The van der Waals surface area contributed by atoms with Crippen LogP contribution < -0.4 is 10.6 Å². The number of nitrogens with zero attached hydrogens (tertiary/aromatic N) is 2. The highest BCUT2D eigenvalue weighted by atomic mass is 35.5. The highest BCUT2D eigenvalue weighted by Crippen LogP contribution is 2.20. The maximum Gasteiger partial charge on any atom is 0.322 e. The smallest absolute Gasteiger partial charge is 0.322 e. The number of rotatable bonds is 6. The molecule has 3 rings (SSSR count). The first-order valence-corrected chi connectivity index (χ1v) is 11.3. The second kappa shape index (κ2) is 10.1. The molecule has 1 aromatic heterocycles. The van der Waals surface area contributed by atoms with Gasteiger partial charge in [0, 0.05) is 28.2 Å². The number of urea groups is 1. The largest absolute Gasteiger partial charge is 0.348 e. The fourth-order valence-electron chi connectivity index (χ4n) is 3.39. The topological polar surface area (TPSA) is 74.3 Å². The zero-order valence-corrected chi connectivity index (χ0v) is 18.4. The summed E-state index contributed by atoms with van der Waals surface area (Å²) in [6, 6.07) is 7.03. The molecule has 1 aliphatic carbocycles. The molecule has 0 bridgehead atoms. The van der Waals surface area contributed by atoms with Gasteiger partial charge in [-0.3, -0.25) is 4.79 Å². The van der Waals surface area contributed by atoms with E-state index >= 15 is 0 Å². The predicted octanol–water partition coefficient (Wildman–Crippen LogP) is 5.30. The zero-order chi connectivity index (χ0) is 20.8. The lowest BCUT2D eigenvalue weighted by Gasteiger charge is -2.26. The number of halogens is 1. The standard InChI is InChI=1S/C21H27ClN4O2S/c1-14(2)26(21(28)24-17-10-6-7-15(22)11-17)12-19-25-18(13-29-19)20(27)23-16-8-4-3-5-9-16/h6-7,10-11,13-14,16H,3-5,8-9,12H2,1-2H3,(H,23,27)(H,24,28). The van der Waals surface area contributed by atoms with Crippen molar-refractivity contribution in [1.29, 1.82) is 0 Å². The molecule has 2 aromatic rings. The molecule has 156 valence electrons. The molecule has 0 aliphatic heterocycles. The molecule has 0 atom stereocenters. The van der Waals surface area contributed by atoms with E-state index in [0.717, 1.165) is 17.8 Å². The Balaban J connectivity index is 1.61. The molecule has 1 heterocycles. The fourth-order valence-corrected chi connectivity index (χ4v) is 4.35. The van der Waals surface area contributed by atoms with Gasteiger partial charge in [-0.2, -0.15) is 0 Å². The van der Waals surface area contributed by atoms with Crippen LogP contribution >= 0.6 is 22.9 Å². The molecule has 0 unspecified atom stereocenters. The maximum absolute atomic E-state index is 12.7. The van der Waals surface area contributed by atoms with Gasteiger partial charge in [0.15, 0.2) is 0 Å². The van der Waals surface area contributed by atoms with E-state index in [2.05, 4.69) is 15.6 Å². The summed E-state index contributed by atoms with van der Waals surface area (Å²) in [4.78, 5) is 31.4. The summed E-state index contributed by atoms with van der Waals surface area (Å²) in [5, 5.41) is 9.01. The van der Waals surface area contributed by atoms with Crippen molar-refractivity contribution in [2.75, 3.05) is 5.32 Å². The number of carbonyl (C=O) groups excluding carboxylic acids is 2. The Morgan fingerprint density at radius 3 is 2.72 bits per heavy atom. The molecule has 1 aliphatic rings. The van der Waals surface area contributed by atoms with Crippen molar-refractivity contribution in [3.8, 4) is 0 Å². The van der Waals surface area contributed by atoms with Gasteiger partial charge in [-0.15, -0.1) is 11.3 Å². The first-order chi connectivity index (χ1) is 13.9. The van der Waals surface area contributed by atoms with E-state index in [0.29, 0.717) is 22.9 Å². The summed E-state index contributed by atoms with van der Waals surface area (Å²) < 4.78 is 0. The number of hydrogen-bond donors (Lipinski definition) is 2. The summed E-state index contributed by atoms with van der Waals surface area (Å²) in [6.45, 7) is 4.23. The van der Waals surface area contributed by atoms with Gasteiger partial charge in [0.1, 0.15) is 10.7 Å². The third kappa shape index (κ3) is 6.18. The van der Waals surface area contributed by atoms with Crippen molar-refractivity contribution >= 4 is 40.6 Å². The molecular formula is C21H27ClN4O2S. The number of carbonyl (C=O) groups is 2. The molecule has 0 spiro atoms. The number of nitrogens with one attached hydrogen (secondary N) is 2. The van der Waals surface area contributed by atoms with Crippen LogP contribution in [-0.2, 0) is 6.54 Å². The number of anilines is 1. The molecule has 29 heavy (non-hydrogen) atoms. The van der Waals surface area contributed by atoms with Crippen molar-refractivity contribution in [1.82, 2.24) is 15.2 Å². The van der Waals surface area contributed by atoms with Crippen molar-refractivity contribution < 1.29 is 9.59 Å². The van der Waals surface area contributed by atoms with E-state index in [1.807, 2.05) is 13.8 Å². The number of benzene rings is 1.